The number of anilines is 1. The van der Waals surface area contributed by atoms with E-state index in [4.69, 9.17) is 0 Å². The largest absolute Gasteiger partial charge is 0.369 e. The lowest BCUT2D eigenvalue weighted by Gasteiger charge is -2.08. The fourth-order valence-corrected chi connectivity index (χ4v) is 4.37. The maximum absolute atomic E-state index is 12.5. The van der Waals surface area contributed by atoms with Crippen molar-refractivity contribution in [3.8, 4) is 0 Å². The lowest BCUT2D eigenvalue weighted by atomic mass is 10.1. The van der Waals surface area contributed by atoms with Crippen LogP contribution in [0.3, 0.4) is 0 Å². The van der Waals surface area contributed by atoms with Crippen molar-refractivity contribution in [2.75, 3.05) is 18.4 Å². The van der Waals surface area contributed by atoms with Crippen LogP contribution in [-0.2, 0) is 22.9 Å². The average Bonchev–Trinajstić information content (AvgIpc) is 3.20. The second kappa shape index (κ2) is 9.88. The molecule has 0 aliphatic rings. The molecule has 0 fully saturated rings. The Morgan fingerprint density at radius 3 is 2.44 bits per heavy atom. The molecule has 0 spiro atoms. The predicted octanol–water partition coefficient (Wildman–Crippen LogP) is 3.00. The summed E-state index contributed by atoms with van der Waals surface area (Å²) in [5.41, 5.74) is 2.94. The summed E-state index contributed by atoms with van der Waals surface area (Å²) in [6, 6.07) is 20.8. The molecular formula is C23H26N6O2S. The molecule has 2 heterocycles. The average molecular weight is 451 g/mol. The van der Waals surface area contributed by atoms with Crippen molar-refractivity contribution in [3.63, 3.8) is 0 Å². The van der Waals surface area contributed by atoms with E-state index in [0.29, 0.717) is 17.9 Å². The van der Waals surface area contributed by atoms with Crippen LogP contribution in [0.4, 0.5) is 5.82 Å². The Labute approximate surface area is 187 Å². The molecule has 0 amide bonds. The molecule has 0 radical (unpaired) electrons. The van der Waals surface area contributed by atoms with Crippen molar-refractivity contribution in [2.45, 2.75) is 31.1 Å². The summed E-state index contributed by atoms with van der Waals surface area (Å²) in [5.74, 6) is 1.33. The lowest BCUT2D eigenvalue weighted by Crippen LogP contribution is -2.26. The van der Waals surface area contributed by atoms with Crippen molar-refractivity contribution in [3.05, 3.63) is 83.7 Å². The Morgan fingerprint density at radius 2 is 1.66 bits per heavy atom. The standard InChI is InChI=1S/C23H26N6O2S/c1-18-9-11-20(12-10-18)32(30,31)25-17-15-23-27-26-22-14-13-21(28-29(22)23)24-16-5-8-19-6-3-2-4-7-19/h2-4,6-7,9-14,25H,5,8,15-17H2,1H3,(H,24,28). The highest BCUT2D eigenvalue weighted by molar-refractivity contribution is 7.89. The first-order chi connectivity index (χ1) is 15.5. The Balaban J connectivity index is 1.33. The molecule has 166 valence electrons. The Kier molecular flexibility index (Phi) is 6.77. The van der Waals surface area contributed by atoms with Crippen LogP contribution in [0.1, 0.15) is 23.4 Å². The molecule has 8 nitrogen and oxygen atoms in total. The zero-order valence-electron chi connectivity index (χ0n) is 17.9. The van der Waals surface area contributed by atoms with Crippen molar-refractivity contribution in [1.82, 2.24) is 24.5 Å². The number of aromatic nitrogens is 4. The second-order valence-corrected chi connectivity index (χ2v) is 9.35. The van der Waals surface area contributed by atoms with E-state index in [9.17, 15) is 8.42 Å². The number of rotatable bonds is 10. The Bertz CT molecular complexity index is 1270. The molecule has 0 unspecified atom stereocenters. The van der Waals surface area contributed by atoms with Gasteiger partial charge in [-0.15, -0.1) is 15.3 Å². The molecule has 0 aliphatic carbocycles. The molecule has 0 atom stereocenters. The number of benzene rings is 2. The van der Waals surface area contributed by atoms with Crippen LogP contribution >= 0.6 is 0 Å². The summed E-state index contributed by atoms with van der Waals surface area (Å²) < 4.78 is 29.2. The van der Waals surface area contributed by atoms with Gasteiger partial charge in [0.2, 0.25) is 10.0 Å². The SMILES string of the molecule is Cc1ccc(S(=O)(=O)NCCc2nnc3ccc(NCCCc4ccccc4)nn23)cc1. The molecule has 2 aromatic heterocycles. The number of hydrogen-bond acceptors (Lipinski definition) is 6. The molecule has 0 saturated heterocycles. The van der Waals surface area contributed by atoms with Crippen LogP contribution in [-0.4, -0.2) is 41.3 Å². The van der Waals surface area contributed by atoms with Gasteiger partial charge in [0.15, 0.2) is 11.5 Å². The van der Waals surface area contributed by atoms with Gasteiger partial charge in [-0.25, -0.2) is 13.1 Å². The lowest BCUT2D eigenvalue weighted by molar-refractivity contribution is 0.580. The third kappa shape index (κ3) is 5.49. The summed E-state index contributed by atoms with van der Waals surface area (Å²) in [4.78, 5) is 0.245. The van der Waals surface area contributed by atoms with E-state index in [1.54, 1.807) is 28.8 Å². The number of sulfonamides is 1. The highest BCUT2D eigenvalue weighted by Crippen LogP contribution is 2.11. The predicted molar refractivity (Wildman–Crippen MR) is 124 cm³/mol. The van der Waals surface area contributed by atoms with Gasteiger partial charge < -0.3 is 5.32 Å². The fraction of sp³-hybridized carbons (Fsp3) is 0.261. The fourth-order valence-electron chi connectivity index (χ4n) is 3.34. The van der Waals surface area contributed by atoms with E-state index in [2.05, 4.69) is 37.5 Å². The summed E-state index contributed by atoms with van der Waals surface area (Å²) in [6.07, 6.45) is 2.35. The van der Waals surface area contributed by atoms with Crippen molar-refractivity contribution in [2.24, 2.45) is 0 Å². The van der Waals surface area contributed by atoms with Crippen LogP contribution in [0.15, 0.2) is 71.6 Å². The molecule has 2 aromatic carbocycles. The first-order valence-electron chi connectivity index (χ1n) is 10.6. The van der Waals surface area contributed by atoms with Gasteiger partial charge in [-0.05, 0) is 49.6 Å². The topological polar surface area (TPSA) is 101 Å². The normalized spacial score (nSPS) is 11.7. The highest BCUT2D eigenvalue weighted by Gasteiger charge is 2.14. The van der Waals surface area contributed by atoms with Gasteiger partial charge in [0.05, 0.1) is 4.90 Å². The first-order valence-corrected chi connectivity index (χ1v) is 12.0. The summed E-state index contributed by atoms with van der Waals surface area (Å²) in [5, 5.41) is 16.2. The molecule has 0 aliphatic heterocycles. The minimum Gasteiger partial charge on any atom is -0.369 e. The highest BCUT2D eigenvalue weighted by atomic mass is 32.2. The van der Waals surface area contributed by atoms with Gasteiger partial charge in [0, 0.05) is 19.5 Å². The Hall–Kier alpha value is -3.30. The van der Waals surface area contributed by atoms with E-state index in [-0.39, 0.29) is 11.4 Å². The minimum absolute atomic E-state index is 0.202. The van der Waals surface area contributed by atoms with E-state index in [1.807, 2.05) is 37.3 Å². The molecule has 9 heteroatoms. The van der Waals surface area contributed by atoms with Gasteiger partial charge >= 0.3 is 0 Å². The van der Waals surface area contributed by atoms with E-state index in [0.717, 1.165) is 30.8 Å². The van der Waals surface area contributed by atoms with Gasteiger partial charge in [0.25, 0.3) is 0 Å². The first kappa shape index (κ1) is 21.9. The summed E-state index contributed by atoms with van der Waals surface area (Å²) in [6.45, 7) is 2.91. The van der Waals surface area contributed by atoms with Gasteiger partial charge in [-0.1, -0.05) is 48.0 Å². The maximum Gasteiger partial charge on any atom is 0.240 e. The van der Waals surface area contributed by atoms with Crippen LogP contribution in [0.5, 0.6) is 0 Å². The van der Waals surface area contributed by atoms with E-state index in [1.165, 1.54) is 5.56 Å². The van der Waals surface area contributed by atoms with E-state index < -0.39 is 10.0 Å². The molecule has 32 heavy (non-hydrogen) atoms. The second-order valence-electron chi connectivity index (χ2n) is 7.58. The number of nitrogens with one attached hydrogen (secondary N) is 2. The zero-order valence-corrected chi connectivity index (χ0v) is 18.7. The zero-order chi connectivity index (χ0) is 22.4. The molecule has 4 rings (SSSR count). The van der Waals surface area contributed by atoms with Gasteiger partial charge in [0.1, 0.15) is 5.82 Å². The van der Waals surface area contributed by atoms with Crippen LogP contribution in [0, 0.1) is 6.92 Å². The van der Waals surface area contributed by atoms with E-state index >= 15 is 0 Å². The molecule has 0 saturated carbocycles. The number of hydrogen-bond donors (Lipinski definition) is 2. The van der Waals surface area contributed by atoms with Crippen LogP contribution in [0.2, 0.25) is 0 Å². The smallest absolute Gasteiger partial charge is 0.240 e. The quantitative estimate of drug-likeness (QED) is 0.360. The van der Waals surface area contributed by atoms with Gasteiger partial charge in [-0.2, -0.15) is 4.52 Å². The van der Waals surface area contributed by atoms with Gasteiger partial charge in [-0.3, -0.25) is 0 Å². The molecular weight excluding hydrogens is 424 g/mol. The third-order valence-electron chi connectivity index (χ3n) is 5.09. The van der Waals surface area contributed by atoms with Crippen molar-refractivity contribution < 1.29 is 8.42 Å². The van der Waals surface area contributed by atoms with Crippen LogP contribution in [0.25, 0.3) is 5.65 Å². The maximum atomic E-state index is 12.5. The minimum atomic E-state index is -3.57. The number of fused-ring (bicyclic) bond motifs is 1. The monoisotopic (exact) mass is 450 g/mol. The van der Waals surface area contributed by atoms with Crippen molar-refractivity contribution in [1.29, 1.82) is 0 Å². The summed E-state index contributed by atoms with van der Waals surface area (Å²) in [7, 11) is -3.57. The molecule has 2 N–H and O–H groups in total. The third-order valence-corrected chi connectivity index (χ3v) is 6.57. The van der Waals surface area contributed by atoms with Crippen molar-refractivity contribution >= 4 is 21.5 Å². The molecule has 0 bridgehead atoms. The molecule has 4 aromatic rings. The van der Waals surface area contributed by atoms with Crippen LogP contribution < -0.4 is 10.0 Å². The number of nitrogens with zero attached hydrogens (tertiary/aromatic N) is 4. The Morgan fingerprint density at radius 1 is 0.875 bits per heavy atom. The number of aryl methyl sites for hydroxylation is 2. The summed E-state index contributed by atoms with van der Waals surface area (Å²) >= 11 is 0.